The first kappa shape index (κ1) is 12.6. The van der Waals surface area contributed by atoms with Gasteiger partial charge in [0, 0.05) is 16.6 Å². The lowest BCUT2D eigenvalue weighted by Gasteiger charge is -2.13. The molecule has 0 saturated carbocycles. The molecule has 1 aromatic carbocycles. The summed E-state index contributed by atoms with van der Waals surface area (Å²) in [6.07, 6.45) is 0. The van der Waals surface area contributed by atoms with Gasteiger partial charge in [0.2, 0.25) is 0 Å². The van der Waals surface area contributed by atoms with Crippen molar-refractivity contribution < 1.29 is 9.53 Å². The van der Waals surface area contributed by atoms with Crippen LogP contribution in [0.4, 0.5) is 0 Å². The summed E-state index contributed by atoms with van der Waals surface area (Å²) in [6.45, 7) is 4.04. The molecule has 1 saturated heterocycles. The van der Waals surface area contributed by atoms with E-state index < -0.39 is 0 Å². The average molecular weight is 298 g/mol. The van der Waals surface area contributed by atoms with Crippen LogP contribution in [0.2, 0.25) is 0 Å². The normalized spacial score (nSPS) is 23.6. The molecular weight excluding hydrogens is 282 g/mol. The largest absolute Gasteiger partial charge is 0.461 e. The van der Waals surface area contributed by atoms with Gasteiger partial charge in [0.15, 0.2) is 0 Å². The average Bonchev–Trinajstić information content (AvgIpc) is 2.74. The number of benzene rings is 1. The summed E-state index contributed by atoms with van der Waals surface area (Å²) >= 11 is 3.44. The zero-order valence-electron chi connectivity index (χ0n) is 9.78. The summed E-state index contributed by atoms with van der Waals surface area (Å²) < 4.78 is 6.33. The molecule has 0 aliphatic carbocycles. The number of ether oxygens (including phenoxy) is 1. The Morgan fingerprint density at radius 3 is 2.88 bits per heavy atom. The van der Waals surface area contributed by atoms with E-state index >= 15 is 0 Å². The van der Waals surface area contributed by atoms with Gasteiger partial charge in [-0.3, -0.25) is 4.79 Å². The Morgan fingerprint density at radius 2 is 2.24 bits per heavy atom. The Labute approximate surface area is 110 Å². The molecule has 1 N–H and O–H groups in total. The fourth-order valence-electron chi connectivity index (χ4n) is 2.00. The molecule has 0 unspecified atom stereocenters. The predicted octanol–water partition coefficient (Wildman–Crippen LogP) is 2.35. The van der Waals surface area contributed by atoms with Crippen molar-refractivity contribution in [1.82, 2.24) is 5.32 Å². The standard InChI is InChI=1S/C13H16BrNO2/c1-9-6-15-7-11(9)13(16)17-8-10-4-2-3-5-12(10)14/h2-5,9,11,15H,6-8H2,1H3/t9-,11-/m1/s1. The minimum atomic E-state index is -0.0988. The summed E-state index contributed by atoms with van der Waals surface area (Å²) in [7, 11) is 0. The van der Waals surface area contributed by atoms with Crippen molar-refractivity contribution in [3.05, 3.63) is 34.3 Å². The third-order valence-electron chi connectivity index (χ3n) is 3.15. The second-order valence-electron chi connectivity index (χ2n) is 4.44. The minimum absolute atomic E-state index is 0.00233. The Bertz CT molecular complexity index is 408. The second kappa shape index (κ2) is 5.65. The van der Waals surface area contributed by atoms with Crippen molar-refractivity contribution in [1.29, 1.82) is 0 Å². The van der Waals surface area contributed by atoms with E-state index in [4.69, 9.17) is 4.74 Å². The number of halogens is 1. The van der Waals surface area contributed by atoms with Crippen LogP contribution >= 0.6 is 15.9 Å². The Kier molecular flexibility index (Phi) is 4.18. The molecule has 0 radical (unpaired) electrons. The second-order valence-corrected chi connectivity index (χ2v) is 5.30. The monoisotopic (exact) mass is 297 g/mol. The molecule has 0 spiro atoms. The van der Waals surface area contributed by atoms with Gasteiger partial charge in [0.25, 0.3) is 0 Å². The van der Waals surface area contributed by atoms with Gasteiger partial charge in [-0.2, -0.15) is 0 Å². The van der Waals surface area contributed by atoms with E-state index in [1.165, 1.54) is 0 Å². The molecule has 1 heterocycles. The van der Waals surface area contributed by atoms with Gasteiger partial charge in [-0.15, -0.1) is 0 Å². The number of rotatable bonds is 3. The van der Waals surface area contributed by atoms with Crippen molar-refractivity contribution in [2.75, 3.05) is 13.1 Å². The summed E-state index contributed by atoms with van der Waals surface area (Å²) in [5.41, 5.74) is 0.999. The third-order valence-corrected chi connectivity index (χ3v) is 3.92. The minimum Gasteiger partial charge on any atom is -0.461 e. The van der Waals surface area contributed by atoms with Gasteiger partial charge >= 0.3 is 5.97 Å². The van der Waals surface area contributed by atoms with E-state index in [0.717, 1.165) is 23.1 Å². The fraction of sp³-hybridized carbons (Fsp3) is 0.462. The fourth-order valence-corrected chi connectivity index (χ4v) is 2.40. The number of hydrogen-bond donors (Lipinski definition) is 1. The van der Waals surface area contributed by atoms with E-state index in [2.05, 4.69) is 28.2 Å². The van der Waals surface area contributed by atoms with Crippen LogP contribution in [0.25, 0.3) is 0 Å². The first-order valence-electron chi connectivity index (χ1n) is 5.79. The topological polar surface area (TPSA) is 38.3 Å². The van der Waals surface area contributed by atoms with Crippen LogP contribution in [0.5, 0.6) is 0 Å². The molecule has 1 aliphatic heterocycles. The van der Waals surface area contributed by atoms with Crippen LogP contribution < -0.4 is 5.32 Å². The van der Waals surface area contributed by atoms with Gasteiger partial charge in [-0.1, -0.05) is 41.1 Å². The predicted molar refractivity (Wildman–Crippen MR) is 69.5 cm³/mol. The zero-order chi connectivity index (χ0) is 12.3. The Balaban J connectivity index is 1.90. The molecule has 17 heavy (non-hydrogen) atoms. The maximum atomic E-state index is 11.9. The highest BCUT2D eigenvalue weighted by Gasteiger charge is 2.30. The van der Waals surface area contributed by atoms with E-state index in [1.807, 2.05) is 24.3 Å². The zero-order valence-corrected chi connectivity index (χ0v) is 11.4. The third kappa shape index (κ3) is 3.07. The SMILES string of the molecule is C[C@@H]1CNC[C@H]1C(=O)OCc1ccccc1Br. The van der Waals surface area contributed by atoms with Crippen LogP contribution in [0, 0.1) is 11.8 Å². The number of carbonyl (C=O) groups is 1. The number of esters is 1. The van der Waals surface area contributed by atoms with Crippen molar-refractivity contribution in [3.63, 3.8) is 0 Å². The van der Waals surface area contributed by atoms with Crippen LogP contribution in [0.3, 0.4) is 0 Å². The Hall–Kier alpha value is -0.870. The molecule has 1 aromatic rings. The molecule has 0 bridgehead atoms. The summed E-state index contributed by atoms with van der Waals surface area (Å²) in [5, 5.41) is 3.20. The molecule has 0 amide bonds. The molecule has 2 atom stereocenters. The highest BCUT2D eigenvalue weighted by Crippen LogP contribution is 2.20. The molecule has 0 aromatic heterocycles. The van der Waals surface area contributed by atoms with E-state index in [9.17, 15) is 4.79 Å². The highest BCUT2D eigenvalue weighted by molar-refractivity contribution is 9.10. The summed E-state index contributed by atoms with van der Waals surface area (Å²) in [6, 6.07) is 7.78. The summed E-state index contributed by atoms with van der Waals surface area (Å²) in [5.74, 6) is 0.262. The number of nitrogens with one attached hydrogen (secondary N) is 1. The van der Waals surface area contributed by atoms with Crippen LogP contribution in [-0.2, 0) is 16.1 Å². The smallest absolute Gasteiger partial charge is 0.310 e. The lowest BCUT2D eigenvalue weighted by Crippen LogP contribution is -2.23. The first-order chi connectivity index (χ1) is 8.18. The van der Waals surface area contributed by atoms with Gasteiger partial charge in [-0.05, 0) is 18.5 Å². The highest BCUT2D eigenvalue weighted by atomic mass is 79.9. The maximum Gasteiger partial charge on any atom is 0.310 e. The van der Waals surface area contributed by atoms with Crippen LogP contribution in [0.15, 0.2) is 28.7 Å². The van der Waals surface area contributed by atoms with Crippen molar-refractivity contribution in [2.24, 2.45) is 11.8 Å². The van der Waals surface area contributed by atoms with Crippen molar-refractivity contribution in [3.8, 4) is 0 Å². The van der Waals surface area contributed by atoms with Crippen molar-refractivity contribution >= 4 is 21.9 Å². The molecule has 3 nitrogen and oxygen atoms in total. The lowest BCUT2D eigenvalue weighted by molar-refractivity contribution is -0.150. The van der Waals surface area contributed by atoms with E-state index in [-0.39, 0.29) is 11.9 Å². The molecule has 2 rings (SSSR count). The van der Waals surface area contributed by atoms with Gasteiger partial charge in [0.1, 0.15) is 6.61 Å². The van der Waals surface area contributed by atoms with E-state index in [0.29, 0.717) is 12.5 Å². The maximum absolute atomic E-state index is 11.9. The van der Waals surface area contributed by atoms with Gasteiger partial charge < -0.3 is 10.1 Å². The van der Waals surface area contributed by atoms with Crippen molar-refractivity contribution in [2.45, 2.75) is 13.5 Å². The summed E-state index contributed by atoms with van der Waals surface area (Å²) in [4.78, 5) is 11.9. The molecule has 92 valence electrons. The lowest BCUT2D eigenvalue weighted by atomic mass is 9.99. The number of carbonyl (C=O) groups excluding carboxylic acids is 1. The molecule has 1 fully saturated rings. The molecule has 4 heteroatoms. The quantitative estimate of drug-likeness (QED) is 0.871. The Morgan fingerprint density at radius 1 is 1.47 bits per heavy atom. The van der Waals surface area contributed by atoms with Crippen LogP contribution in [-0.4, -0.2) is 19.1 Å². The molecule has 1 aliphatic rings. The number of hydrogen-bond acceptors (Lipinski definition) is 3. The van der Waals surface area contributed by atoms with E-state index in [1.54, 1.807) is 0 Å². The van der Waals surface area contributed by atoms with Crippen LogP contribution in [0.1, 0.15) is 12.5 Å². The van der Waals surface area contributed by atoms with Gasteiger partial charge in [-0.25, -0.2) is 0 Å². The molecular formula is C13H16BrNO2. The van der Waals surface area contributed by atoms with Gasteiger partial charge in [0.05, 0.1) is 5.92 Å². The first-order valence-corrected chi connectivity index (χ1v) is 6.58.